The fourth-order valence-electron chi connectivity index (χ4n) is 2.84. The molecule has 1 aromatic carbocycles. The second kappa shape index (κ2) is 6.00. The molecule has 2 aromatic heterocycles. The molecule has 0 saturated carbocycles. The Kier molecular flexibility index (Phi) is 4.08. The maximum atomic E-state index is 4.46. The molecule has 4 rings (SSSR count). The average Bonchev–Trinajstić information content (AvgIpc) is 3.06. The molecule has 2 heterocycles. The molecule has 1 aliphatic carbocycles. The van der Waals surface area contributed by atoms with Gasteiger partial charge in [0.15, 0.2) is 0 Å². The minimum Gasteiger partial charge on any atom is -0.365 e. The molecule has 0 bridgehead atoms. The number of halogens is 1. The number of hydrogen-bond donors (Lipinski definition) is 1. The van der Waals surface area contributed by atoms with Crippen molar-refractivity contribution in [2.75, 3.05) is 5.32 Å². The smallest absolute Gasteiger partial charge is 0.138 e. The summed E-state index contributed by atoms with van der Waals surface area (Å²) in [5.41, 5.74) is 2.74. The molecule has 0 radical (unpaired) electrons. The molecule has 3 aromatic rings. The van der Waals surface area contributed by atoms with Gasteiger partial charge in [-0.1, -0.05) is 30.3 Å². The molecular weight excluding hydrogens is 302 g/mol. The van der Waals surface area contributed by atoms with Crippen molar-refractivity contribution in [3.05, 3.63) is 52.7 Å². The quantitative estimate of drug-likeness (QED) is 0.786. The van der Waals surface area contributed by atoms with E-state index in [-0.39, 0.29) is 12.4 Å². The van der Waals surface area contributed by atoms with E-state index in [1.165, 1.54) is 40.7 Å². The fraction of sp³-hybridized carbons (Fsp3) is 0.250. The van der Waals surface area contributed by atoms with Crippen molar-refractivity contribution in [2.45, 2.75) is 25.8 Å². The van der Waals surface area contributed by atoms with Crippen LogP contribution in [0, 0.1) is 0 Å². The maximum absolute atomic E-state index is 4.46. The minimum atomic E-state index is 0. The van der Waals surface area contributed by atoms with Crippen molar-refractivity contribution in [1.29, 1.82) is 0 Å². The van der Waals surface area contributed by atoms with Gasteiger partial charge in [-0.25, -0.2) is 9.97 Å². The highest BCUT2D eigenvalue weighted by Crippen LogP contribution is 2.39. The Morgan fingerprint density at radius 3 is 2.81 bits per heavy atom. The number of fused-ring (bicyclic) bond motifs is 3. The van der Waals surface area contributed by atoms with E-state index in [9.17, 15) is 0 Å². The summed E-state index contributed by atoms with van der Waals surface area (Å²) in [6.45, 7) is 0.803. The largest absolute Gasteiger partial charge is 0.365 e. The zero-order valence-corrected chi connectivity index (χ0v) is 13.1. The van der Waals surface area contributed by atoms with Gasteiger partial charge in [0, 0.05) is 11.4 Å². The minimum absolute atomic E-state index is 0. The van der Waals surface area contributed by atoms with Crippen molar-refractivity contribution in [3.8, 4) is 0 Å². The molecule has 0 unspecified atom stereocenters. The van der Waals surface area contributed by atoms with Gasteiger partial charge in [-0.3, -0.25) is 0 Å². The van der Waals surface area contributed by atoms with Crippen molar-refractivity contribution < 1.29 is 0 Å². The first-order valence-electron chi connectivity index (χ1n) is 6.95. The summed E-state index contributed by atoms with van der Waals surface area (Å²) in [7, 11) is 0. The lowest BCUT2D eigenvalue weighted by Crippen LogP contribution is -2.02. The highest BCUT2D eigenvalue weighted by Gasteiger charge is 2.20. The summed E-state index contributed by atoms with van der Waals surface area (Å²) in [5.74, 6) is 0.984. The molecular formula is C16H16ClN3S. The lowest BCUT2D eigenvalue weighted by molar-refractivity contribution is 0.917. The highest BCUT2D eigenvalue weighted by molar-refractivity contribution is 7.19. The van der Waals surface area contributed by atoms with Gasteiger partial charge >= 0.3 is 0 Å². The third-order valence-electron chi connectivity index (χ3n) is 3.80. The van der Waals surface area contributed by atoms with Gasteiger partial charge in [0.2, 0.25) is 0 Å². The van der Waals surface area contributed by atoms with Gasteiger partial charge < -0.3 is 5.32 Å². The Morgan fingerprint density at radius 1 is 1.10 bits per heavy atom. The normalized spacial score (nSPS) is 13.0. The zero-order valence-electron chi connectivity index (χ0n) is 11.5. The summed E-state index contributed by atoms with van der Waals surface area (Å²) < 4.78 is 0. The van der Waals surface area contributed by atoms with E-state index >= 15 is 0 Å². The SMILES string of the molecule is Cl.c1ccc(CNc2ncnc3sc4c(c23)CCC4)cc1. The second-order valence-corrected chi connectivity index (χ2v) is 6.18. The van der Waals surface area contributed by atoms with E-state index in [0.29, 0.717) is 0 Å². The number of aromatic nitrogens is 2. The summed E-state index contributed by atoms with van der Waals surface area (Å²) in [6.07, 6.45) is 5.31. The third-order valence-corrected chi connectivity index (χ3v) is 5.00. The van der Waals surface area contributed by atoms with Crippen molar-refractivity contribution in [3.63, 3.8) is 0 Å². The molecule has 0 spiro atoms. The number of aryl methyl sites for hydroxylation is 2. The van der Waals surface area contributed by atoms with Crippen molar-refractivity contribution in [1.82, 2.24) is 9.97 Å². The number of nitrogens with zero attached hydrogens (tertiary/aromatic N) is 2. The summed E-state index contributed by atoms with van der Waals surface area (Å²) >= 11 is 1.83. The van der Waals surface area contributed by atoms with E-state index in [1.807, 2.05) is 17.4 Å². The number of nitrogens with one attached hydrogen (secondary N) is 1. The Morgan fingerprint density at radius 2 is 1.95 bits per heavy atom. The van der Waals surface area contributed by atoms with E-state index < -0.39 is 0 Å². The van der Waals surface area contributed by atoms with Gasteiger partial charge in [-0.05, 0) is 30.4 Å². The zero-order chi connectivity index (χ0) is 13.4. The molecule has 0 aliphatic heterocycles. The van der Waals surface area contributed by atoms with Crippen LogP contribution in [0.25, 0.3) is 10.2 Å². The van der Waals surface area contributed by atoms with Crippen LogP contribution in [0.1, 0.15) is 22.4 Å². The lowest BCUT2D eigenvalue weighted by Gasteiger charge is -2.07. The molecule has 108 valence electrons. The monoisotopic (exact) mass is 317 g/mol. The molecule has 1 aliphatic rings. The molecule has 0 atom stereocenters. The van der Waals surface area contributed by atoms with E-state index in [0.717, 1.165) is 17.2 Å². The van der Waals surface area contributed by atoms with Crippen LogP contribution >= 0.6 is 23.7 Å². The topological polar surface area (TPSA) is 37.8 Å². The number of benzene rings is 1. The molecule has 3 nitrogen and oxygen atoms in total. The van der Waals surface area contributed by atoms with Gasteiger partial charge in [0.1, 0.15) is 17.0 Å². The molecule has 0 amide bonds. The Balaban J connectivity index is 0.00000132. The molecule has 1 N–H and O–H groups in total. The number of thiophene rings is 1. The first-order valence-corrected chi connectivity index (χ1v) is 7.76. The predicted octanol–water partition coefficient (Wildman–Crippen LogP) is 4.21. The summed E-state index contributed by atoms with van der Waals surface area (Å²) in [4.78, 5) is 11.5. The summed E-state index contributed by atoms with van der Waals surface area (Å²) in [6, 6.07) is 10.4. The molecule has 0 fully saturated rings. The Bertz CT molecular complexity index is 755. The van der Waals surface area contributed by atoms with Gasteiger partial charge in [0.05, 0.1) is 5.39 Å². The van der Waals surface area contributed by atoms with Crippen LogP contribution < -0.4 is 5.32 Å². The van der Waals surface area contributed by atoms with Crippen molar-refractivity contribution >= 4 is 39.8 Å². The first-order chi connectivity index (χ1) is 9.92. The van der Waals surface area contributed by atoms with E-state index in [1.54, 1.807) is 6.33 Å². The fourth-order valence-corrected chi connectivity index (χ4v) is 4.07. The average molecular weight is 318 g/mol. The van der Waals surface area contributed by atoms with Crippen LogP contribution in [0.4, 0.5) is 5.82 Å². The molecule has 5 heteroatoms. The summed E-state index contributed by atoms with van der Waals surface area (Å²) in [5, 5.41) is 4.73. The van der Waals surface area contributed by atoms with Crippen LogP contribution in [-0.2, 0) is 19.4 Å². The highest BCUT2D eigenvalue weighted by atomic mass is 35.5. The van der Waals surface area contributed by atoms with Crippen LogP contribution in [0.3, 0.4) is 0 Å². The van der Waals surface area contributed by atoms with Gasteiger partial charge in [-0.2, -0.15) is 0 Å². The molecule has 0 saturated heterocycles. The third kappa shape index (κ3) is 2.61. The molecule has 21 heavy (non-hydrogen) atoms. The first kappa shape index (κ1) is 14.3. The van der Waals surface area contributed by atoms with Crippen LogP contribution in [0.15, 0.2) is 36.7 Å². The van der Waals surface area contributed by atoms with Crippen molar-refractivity contribution in [2.24, 2.45) is 0 Å². The predicted molar refractivity (Wildman–Crippen MR) is 90.5 cm³/mol. The number of hydrogen-bond acceptors (Lipinski definition) is 4. The number of rotatable bonds is 3. The second-order valence-electron chi connectivity index (χ2n) is 5.10. The van der Waals surface area contributed by atoms with Crippen LogP contribution in [0.5, 0.6) is 0 Å². The van der Waals surface area contributed by atoms with Gasteiger partial charge in [0.25, 0.3) is 0 Å². The van der Waals surface area contributed by atoms with Crippen LogP contribution in [0.2, 0.25) is 0 Å². The standard InChI is InChI=1S/C16H15N3S.ClH/c1-2-5-11(6-3-1)9-17-15-14-12-7-4-8-13(12)20-16(14)19-10-18-15;/h1-3,5-6,10H,4,7-9H2,(H,17,18,19);1H. The van der Waals surface area contributed by atoms with E-state index in [2.05, 4.69) is 39.6 Å². The lowest BCUT2D eigenvalue weighted by atomic mass is 10.2. The number of anilines is 1. The van der Waals surface area contributed by atoms with Gasteiger partial charge in [-0.15, -0.1) is 23.7 Å². The Labute approximate surface area is 133 Å². The van der Waals surface area contributed by atoms with Crippen LogP contribution in [-0.4, -0.2) is 9.97 Å². The van der Waals surface area contributed by atoms with E-state index in [4.69, 9.17) is 0 Å². The Hall–Kier alpha value is -1.65. The maximum Gasteiger partial charge on any atom is 0.138 e.